The first-order valence-electron chi connectivity index (χ1n) is 4.32. The van der Waals surface area contributed by atoms with E-state index in [1.54, 1.807) is 0 Å². The summed E-state index contributed by atoms with van der Waals surface area (Å²) in [5.74, 6) is 1.30. The second-order valence-electron chi connectivity index (χ2n) is 3.90. The Balaban J connectivity index is 1.94. The fourth-order valence-corrected chi connectivity index (χ4v) is 2.80. The van der Waals surface area contributed by atoms with Crippen molar-refractivity contribution in [2.75, 3.05) is 6.61 Å². The van der Waals surface area contributed by atoms with Crippen LogP contribution < -0.4 is 0 Å². The van der Waals surface area contributed by atoms with Gasteiger partial charge in [-0.3, -0.25) is 0 Å². The molecule has 0 bridgehead atoms. The van der Waals surface area contributed by atoms with Gasteiger partial charge in [0.25, 0.3) is 0 Å². The lowest BCUT2D eigenvalue weighted by Crippen LogP contribution is -2.26. The van der Waals surface area contributed by atoms with Crippen molar-refractivity contribution in [2.24, 2.45) is 11.8 Å². The van der Waals surface area contributed by atoms with Crippen molar-refractivity contribution in [1.29, 1.82) is 0 Å². The molecule has 2 fully saturated rings. The van der Waals surface area contributed by atoms with Crippen LogP contribution in [0, 0.1) is 11.8 Å². The zero-order valence-corrected chi connectivity index (χ0v) is 6.36. The number of fused-ring (bicyclic) bond motifs is 3. The van der Waals surface area contributed by atoms with Gasteiger partial charge in [0.2, 0.25) is 0 Å². The number of aliphatic hydroxyl groups is 1. The molecule has 0 radical (unpaired) electrons. The average molecular weight is 152 g/mol. The quantitative estimate of drug-likeness (QED) is 0.443. The molecule has 3 rings (SSSR count). The van der Waals surface area contributed by atoms with E-state index in [9.17, 15) is 0 Å². The molecule has 0 aromatic rings. The Bertz CT molecular complexity index is 220. The Hall–Kier alpha value is -0.340. The molecule has 4 unspecified atom stereocenters. The predicted molar refractivity (Wildman–Crippen MR) is 40.0 cm³/mol. The van der Waals surface area contributed by atoms with E-state index in [4.69, 9.17) is 9.84 Å². The maximum Gasteiger partial charge on any atom is 0.124 e. The first-order valence-corrected chi connectivity index (χ1v) is 4.32. The highest BCUT2D eigenvalue weighted by molar-refractivity contribution is 5.24. The monoisotopic (exact) mass is 152 g/mol. The van der Waals surface area contributed by atoms with Crippen molar-refractivity contribution in [3.63, 3.8) is 0 Å². The summed E-state index contributed by atoms with van der Waals surface area (Å²) in [5.41, 5.74) is -0.127. The standard InChI is InChI=1S/C9H12O2/c10-5-9-7-3-1-2-6(7)4-8(9)11-9/h1,3,6-8,10H,2,4-5H2. The summed E-state index contributed by atoms with van der Waals surface area (Å²) in [5, 5.41) is 9.16. The van der Waals surface area contributed by atoms with E-state index in [-0.39, 0.29) is 12.2 Å². The molecule has 60 valence electrons. The van der Waals surface area contributed by atoms with Gasteiger partial charge < -0.3 is 9.84 Å². The molecule has 2 aliphatic carbocycles. The molecule has 0 aromatic heterocycles. The number of aliphatic hydroxyl groups excluding tert-OH is 1. The molecule has 0 spiro atoms. The van der Waals surface area contributed by atoms with Crippen molar-refractivity contribution in [3.05, 3.63) is 12.2 Å². The number of ether oxygens (including phenoxy) is 1. The van der Waals surface area contributed by atoms with Crippen LogP contribution in [-0.2, 0) is 4.74 Å². The number of epoxide rings is 1. The van der Waals surface area contributed by atoms with Crippen molar-refractivity contribution in [3.8, 4) is 0 Å². The van der Waals surface area contributed by atoms with Crippen LogP contribution in [0.25, 0.3) is 0 Å². The van der Waals surface area contributed by atoms with Crippen LogP contribution in [0.15, 0.2) is 12.2 Å². The fraction of sp³-hybridized carbons (Fsp3) is 0.778. The van der Waals surface area contributed by atoms with Gasteiger partial charge in [0.1, 0.15) is 5.60 Å². The van der Waals surface area contributed by atoms with Gasteiger partial charge in [0.05, 0.1) is 12.7 Å². The minimum absolute atomic E-state index is 0.127. The van der Waals surface area contributed by atoms with E-state index in [2.05, 4.69) is 12.2 Å². The Morgan fingerprint density at radius 1 is 1.64 bits per heavy atom. The second kappa shape index (κ2) is 1.70. The Kier molecular flexibility index (Phi) is 0.958. The highest BCUT2D eigenvalue weighted by Crippen LogP contribution is 2.59. The van der Waals surface area contributed by atoms with Crippen molar-refractivity contribution in [1.82, 2.24) is 0 Å². The van der Waals surface area contributed by atoms with Crippen LogP contribution in [0.5, 0.6) is 0 Å². The van der Waals surface area contributed by atoms with Crippen LogP contribution >= 0.6 is 0 Å². The number of rotatable bonds is 1. The van der Waals surface area contributed by atoms with E-state index in [1.165, 1.54) is 6.42 Å². The van der Waals surface area contributed by atoms with Crippen LogP contribution in [0.2, 0.25) is 0 Å². The summed E-state index contributed by atoms with van der Waals surface area (Å²) in [7, 11) is 0. The molecular formula is C9H12O2. The van der Waals surface area contributed by atoms with E-state index in [1.807, 2.05) is 0 Å². The van der Waals surface area contributed by atoms with Gasteiger partial charge in [-0.25, -0.2) is 0 Å². The first-order chi connectivity index (χ1) is 5.37. The number of hydrogen-bond acceptors (Lipinski definition) is 2. The zero-order valence-electron chi connectivity index (χ0n) is 6.36. The van der Waals surface area contributed by atoms with Crippen molar-refractivity contribution in [2.45, 2.75) is 24.5 Å². The third-order valence-electron chi connectivity index (χ3n) is 3.47. The van der Waals surface area contributed by atoms with E-state index >= 15 is 0 Å². The highest BCUT2D eigenvalue weighted by Gasteiger charge is 2.68. The molecule has 1 aliphatic heterocycles. The maximum absolute atomic E-state index is 9.16. The Morgan fingerprint density at radius 3 is 3.36 bits per heavy atom. The summed E-state index contributed by atoms with van der Waals surface area (Å²) >= 11 is 0. The minimum Gasteiger partial charge on any atom is -0.393 e. The molecule has 2 nitrogen and oxygen atoms in total. The molecular weight excluding hydrogens is 140 g/mol. The summed E-state index contributed by atoms with van der Waals surface area (Å²) < 4.78 is 5.50. The van der Waals surface area contributed by atoms with Gasteiger partial charge in [-0.15, -0.1) is 0 Å². The fourth-order valence-electron chi connectivity index (χ4n) is 2.80. The van der Waals surface area contributed by atoms with Crippen molar-refractivity contribution < 1.29 is 9.84 Å². The van der Waals surface area contributed by atoms with Crippen molar-refractivity contribution >= 4 is 0 Å². The Labute approximate surface area is 65.9 Å². The summed E-state index contributed by atoms with van der Waals surface area (Å²) in [6.45, 7) is 0.211. The van der Waals surface area contributed by atoms with Crippen LogP contribution in [0.3, 0.4) is 0 Å². The normalized spacial score (nSPS) is 57.7. The molecule has 1 saturated heterocycles. The third-order valence-corrected chi connectivity index (χ3v) is 3.47. The minimum atomic E-state index is -0.127. The molecule has 1 heterocycles. The summed E-state index contributed by atoms with van der Waals surface area (Å²) in [6.07, 6.45) is 7.20. The second-order valence-corrected chi connectivity index (χ2v) is 3.90. The van der Waals surface area contributed by atoms with E-state index < -0.39 is 0 Å². The van der Waals surface area contributed by atoms with E-state index in [0.29, 0.717) is 12.0 Å². The highest BCUT2D eigenvalue weighted by atomic mass is 16.6. The topological polar surface area (TPSA) is 32.8 Å². The van der Waals surface area contributed by atoms with Gasteiger partial charge in [-0.2, -0.15) is 0 Å². The van der Waals surface area contributed by atoms with Gasteiger partial charge in [-0.05, 0) is 18.8 Å². The van der Waals surface area contributed by atoms with Crippen LogP contribution in [0.4, 0.5) is 0 Å². The summed E-state index contributed by atoms with van der Waals surface area (Å²) in [6, 6.07) is 0. The van der Waals surface area contributed by atoms with E-state index in [0.717, 1.165) is 12.3 Å². The van der Waals surface area contributed by atoms with Crippen LogP contribution in [-0.4, -0.2) is 23.4 Å². The lowest BCUT2D eigenvalue weighted by Gasteiger charge is -2.17. The lowest BCUT2D eigenvalue weighted by molar-refractivity contribution is 0.110. The third kappa shape index (κ3) is 0.565. The molecule has 0 aromatic carbocycles. The molecule has 1 N–H and O–H groups in total. The largest absolute Gasteiger partial charge is 0.393 e. The van der Waals surface area contributed by atoms with Gasteiger partial charge >= 0.3 is 0 Å². The molecule has 4 atom stereocenters. The first kappa shape index (κ1) is 6.21. The molecule has 2 heteroatoms. The Morgan fingerprint density at radius 2 is 2.55 bits per heavy atom. The molecule has 0 amide bonds. The van der Waals surface area contributed by atoms with Gasteiger partial charge in [-0.1, -0.05) is 12.2 Å². The van der Waals surface area contributed by atoms with Crippen LogP contribution in [0.1, 0.15) is 12.8 Å². The van der Waals surface area contributed by atoms with Gasteiger partial charge in [0, 0.05) is 5.92 Å². The molecule has 1 saturated carbocycles. The smallest absolute Gasteiger partial charge is 0.124 e. The molecule has 3 aliphatic rings. The molecule has 11 heavy (non-hydrogen) atoms. The number of allylic oxidation sites excluding steroid dienone is 1. The number of hydrogen-bond donors (Lipinski definition) is 1. The zero-order chi connectivity index (χ0) is 7.47. The summed E-state index contributed by atoms with van der Waals surface area (Å²) in [4.78, 5) is 0. The maximum atomic E-state index is 9.16. The van der Waals surface area contributed by atoms with Gasteiger partial charge in [0.15, 0.2) is 0 Å². The average Bonchev–Trinajstić information content (AvgIpc) is 2.44. The SMILES string of the molecule is OCC12OC1CC1CC=CC12. The lowest BCUT2D eigenvalue weighted by atomic mass is 9.91. The predicted octanol–water partition coefficient (Wildman–Crippen LogP) is 0.712.